The Morgan fingerprint density at radius 1 is 0.867 bits per heavy atom. The standard InChI is InChI=1S/C24H33NO5/c1-6-19(18-11-13-20(27-4)22(16-18)28-5)25-24(26)14-10-17-9-12-21(29-7-2)23(15-17)30-8-3/h9,11-13,15-16,19H,6-8,10,14H2,1-5H3,(H,25,26). The predicted molar refractivity (Wildman–Crippen MR) is 118 cm³/mol. The zero-order valence-electron chi connectivity index (χ0n) is 18.6. The van der Waals surface area contributed by atoms with Gasteiger partial charge in [-0.2, -0.15) is 0 Å². The van der Waals surface area contributed by atoms with Gasteiger partial charge in [0, 0.05) is 6.42 Å². The quantitative estimate of drug-likeness (QED) is 0.544. The number of ether oxygens (including phenoxy) is 4. The number of hydrogen-bond donors (Lipinski definition) is 1. The monoisotopic (exact) mass is 415 g/mol. The predicted octanol–water partition coefficient (Wildman–Crippen LogP) is 4.70. The molecule has 0 radical (unpaired) electrons. The Bertz CT molecular complexity index is 821. The first-order chi connectivity index (χ1) is 14.6. The van der Waals surface area contributed by atoms with Crippen molar-refractivity contribution in [3.8, 4) is 23.0 Å². The molecule has 30 heavy (non-hydrogen) atoms. The van der Waals surface area contributed by atoms with Gasteiger partial charge in [-0.05, 0) is 62.1 Å². The van der Waals surface area contributed by atoms with Gasteiger partial charge in [0.1, 0.15) is 0 Å². The Morgan fingerprint density at radius 2 is 1.53 bits per heavy atom. The van der Waals surface area contributed by atoms with E-state index in [1.807, 2.05) is 57.2 Å². The van der Waals surface area contributed by atoms with Gasteiger partial charge in [0.15, 0.2) is 23.0 Å². The second-order valence-electron chi connectivity index (χ2n) is 6.79. The Hall–Kier alpha value is -2.89. The highest BCUT2D eigenvalue weighted by Crippen LogP contribution is 2.31. The van der Waals surface area contributed by atoms with E-state index >= 15 is 0 Å². The number of amides is 1. The van der Waals surface area contributed by atoms with E-state index in [-0.39, 0.29) is 11.9 Å². The van der Waals surface area contributed by atoms with Crippen molar-refractivity contribution in [2.75, 3.05) is 27.4 Å². The minimum atomic E-state index is -0.0865. The molecule has 0 aliphatic rings. The maximum Gasteiger partial charge on any atom is 0.220 e. The van der Waals surface area contributed by atoms with Gasteiger partial charge in [0.2, 0.25) is 5.91 Å². The number of carbonyl (C=O) groups is 1. The highest BCUT2D eigenvalue weighted by molar-refractivity contribution is 5.76. The van der Waals surface area contributed by atoms with Crippen molar-refractivity contribution in [3.05, 3.63) is 47.5 Å². The molecule has 2 aromatic carbocycles. The van der Waals surface area contributed by atoms with E-state index in [0.29, 0.717) is 43.3 Å². The molecular weight excluding hydrogens is 382 g/mol. The van der Waals surface area contributed by atoms with E-state index in [9.17, 15) is 4.79 Å². The number of hydrogen-bond acceptors (Lipinski definition) is 5. The van der Waals surface area contributed by atoms with Crippen molar-refractivity contribution in [1.29, 1.82) is 0 Å². The van der Waals surface area contributed by atoms with E-state index < -0.39 is 0 Å². The largest absolute Gasteiger partial charge is 0.493 e. The summed E-state index contributed by atoms with van der Waals surface area (Å²) in [5.74, 6) is 2.77. The van der Waals surface area contributed by atoms with Crippen LogP contribution in [0.1, 0.15) is 50.8 Å². The lowest BCUT2D eigenvalue weighted by atomic mass is 10.0. The molecule has 1 amide bonds. The maximum absolute atomic E-state index is 12.6. The van der Waals surface area contributed by atoms with Crippen molar-refractivity contribution in [1.82, 2.24) is 5.32 Å². The molecule has 0 aliphatic carbocycles. The lowest BCUT2D eigenvalue weighted by molar-refractivity contribution is -0.121. The molecular formula is C24H33NO5. The molecule has 0 fully saturated rings. The average molecular weight is 416 g/mol. The second-order valence-corrected chi connectivity index (χ2v) is 6.79. The first kappa shape index (κ1) is 23.4. The summed E-state index contributed by atoms with van der Waals surface area (Å²) in [6, 6.07) is 11.5. The Balaban J connectivity index is 2.01. The number of carbonyl (C=O) groups excluding carboxylic acids is 1. The normalized spacial score (nSPS) is 11.5. The van der Waals surface area contributed by atoms with Crippen LogP contribution in [0.4, 0.5) is 0 Å². The van der Waals surface area contributed by atoms with Crippen LogP contribution in [0, 0.1) is 0 Å². The van der Waals surface area contributed by atoms with Crippen molar-refractivity contribution in [3.63, 3.8) is 0 Å². The molecule has 0 aromatic heterocycles. The van der Waals surface area contributed by atoms with Crippen LogP contribution in [0.15, 0.2) is 36.4 Å². The summed E-state index contributed by atoms with van der Waals surface area (Å²) in [7, 11) is 3.21. The zero-order chi connectivity index (χ0) is 21.9. The van der Waals surface area contributed by atoms with Crippen molar-refractivity contribution in [2.45, 2.75) is 46.1 Å². The summed E-state index contributed by atoms with van der Waals surface area (Å²) in [4.78, 5) is 12.6. The fraction of sp³-hybridized carbons (Fsp3) is 0.458. The van der Waals surface area contributed by atoms with Crippen molar-refractivity contribution >= 4 is 5.91 Å². The first-order valence-electron chi connectivity index (χ1n) is 10.5. The Kier molecular flexibility index (Phi) is 9.32. The van der Waals surface area contributed by atoms with E-state index in [1.54, 1.807) is 14.2 Å². The molecule has 164 valence electrons. The van der Waals surface area contributed by atoms with Gasteiger partial charge in [-0.3, -0.25) is 4.79 Å². The zero-order valence-corrected chi connectivity index (χ0v) is 18.6. The van der Waals surface area contributed by atoms with Crippen LogP contribution in [0.5, 0.6) is 23.0 Å². The summed E-state index contributed by atoms with van der Waals surface area (Å²) in [6.45, 7) is 7.07. The summed E-state index contributed by atoms with van der Waals surface area (Å²) in [6.07, 6.45) is 1.79. The number of aryl methyl sites for hydroxylation is 1. The summed E-state index contributed by atoms with van der Waals surface area (Å²) in [5, 5.41) is 3.12. The van der Waals surface area contributed by atoms with E-state index in [1.165, 1.54) is 0 Å². The smallest absolute Gasteiger partial charge is 0.220 e. The summed E-state index contributed by atoms with van der Waals surface area (Å²) in [5.41, 5.74) is 2.03. The minimum absolute atomic E-state index is 0.00322. The third-order valence-corrected chi connectivity index (χ3v) is 4.80. The van der Waals surface area contributed by atoms with Gasteiger partial charge in [0.05, 0.1) is 33.5 Å². The molecule has 1 N–H and O–H groups in total. The van der Waals surface area contributed by atoms with Crippen LogP contribution in [-0.4, -0.2) is 33.3 Å². The minimum Gasteiger partial charge on any atom is -0.493 e. The van der Waals surface area contributed by atoms with Gasteiger partial charge in [0.25, 0.3) is 0 Å². The molecule has 1 atom stereocenters. The molecule has 6 nitrogen and oxygen atoms in total. The number of nitrogens with one attached hydrogen (secondary N) is 1. The Morgan fingerprint density at radius 3 is 2.17 bits per heavy atom. The first-order valence-corrected chi connectivity index (χ1v) is 10.5. The van der Waals surface area contributed by atoms with E-state index in [2.05, 4.69) is 5.32 Å². The molecule has 0 spiro atoms. The van der Waals surface area contributed by atoms with Gasteiger partial charge < -0.3 is 24.3 Å². The molecule has 1 unspecified atom stereocenters. The third kappa shape index (κ3) is 6.31. The van der Waals surface area contributed by atoms with Crippen LogP contribution in [0.3, 0.4) is 0 Å². The van der Waals surface area contributed by atoms with Crippen molar-refractivity contribution < 1.29 is 23.7 Å². The molecule has 2 rings (SSSR count). The fourth-order valence-electron chi connectivity index (χ4n) is 3.27. The fourth-order valence-corrected chi connectivity index (χ4v) is 3.27. The molecule has 0 aliphatic heterocycles. The Labute approximate surface area is 179 Å². The van der Waals surface area contributed by atoms with Crippen LogP contribution < -0.4 is 24.3 Å². The van der Waals surface area contributed by atoms with Crippen molar-refractivity contribution in [2.24, 2.45) is 0 Å². The highest BCUT2D eigenvalue weighted by Gasteiger charge is 2.16. The van der Waals surface area contributed by atoms with E-state index in [0.717, 1.165) is 23.3 Å². The maximum atomic E-state index is 12.6. The van der Waals surface area contributed by atoms with Gasteiger partial charge >= 0.3 is 0 Å². The molecule has 0 saturated heterocycles. The van der Waals surface area contributed by atoms with Crippen LogP contribution >= 0.6 is 0 Å². The summed E-state index contributed by atoms with van der Waals surface area (Å²) >= 11 is 0. The molecule has 0 saturated carbocycles. The lowest BCUT2D eigenvalue weighted by Crippen LogP contribution is -2.28. The van der Waals surface area contributed by atoms with Crippen LogP contribution in [0.2, 0.25) is 0 Å². The van der Waals surface area contributed by atoms with Gasteiger partial charge in [-0.15, -0.1) is 0 Å². The number of rotatable bonds is 12. The molecule has 0 heterocycles. The average Bonchev–Trinajstić information content (AvgIpc) is 2.77. The third-order valence-electron chi connectivity index (χ3n) is 4.80. The molecule has 0 bridgehead atoms. The SMILES string of the molecule is CCOc1ccc(CCC(=O)NC(CC)c2ccc(OC)c(OC)c2)cc1OCC. The molecule has 2 aromatic rings. The van der Waals surface area contributed by atoms with Gasteiger partial charge in [-0.25, -0.2) is 0 Å². The number of benzene rings is 2. The molecule has 6 heteroatoms. The number of methoxy groups -OCH3 is 2. The lowest BCUT2D eigenvalue weighted by Gasteiger charge is -2.19. The highest BCUT2D eigenvalue weighted by atomic mass is 16.5. The summed E-state index contributed by atoms with van der Waals surface area (Å²) < 4.78 is 21.9. The van der Waals surface area contributed by atoms with Gasteiger partial charge in [-0.1, -0.05) is 19.1 Å². The second kappa shape index (κ2) is 12.0. The van der Waals surface area contributed by atoms with Crippen LogP contribution in [-0.2, 0) is 11.2 Å². The van der Waals surface area contributed by atoms with E-state index in [4.69, 9.17) is 18.9 Å². The topological polar surface area (TPSA) is 66.0 Å². The van der Waals surface area contributed by atoms with Crippen LogP contribution in [0.25, 0.3) is 0 Å².